The quantitative estimate of drug-likeness (QED) is 0.299. The summed E-state index contributed by atoms with van der Waals surface area (Å²) in [6.07, 6.45) is 9.92. The van der Waals surface area contributed by atoms with Gasteiger partial charge < -0.3 is 9.84 Å². The molecule has 7 heteroatoms. The first kappa shape index (κ1) is 24.6. The number of amides is 2. The number of unbranched alkanes of at least 4 members (excludes halogenated alkanes) is 4. The zero-order valence-corrected chi connectivity index (χ0v) is 16.5. The van der Waals surface area contributed by atoms with Crippen LogP contribution in [0.5, 0.6) is 0 Å². The zero-order chi connectivity index (χ0) is 20.7. The molecule has 2 amide bonds. The lowest BCUT2D eigenvalue weighted by molar-refractivity contribution is -0.160. The summed E-state index contributed by atoms with van der Waals surface area (Å²) in [6, 6.07) is -1.51. The van der Waals surface area contributed by atoms with Crippen molar-refractivity contribution >= 4 is 23.8 Å². The summed E-state index contributed by atoms with van der Waals surface area (Å²) in [5.74, 6) is -3.67. The number of rotatable bonds is 13. The van der Waals surface area contributed by atoms with Crippen LogP contribution in [0.15, 0.2) is 24.3 Å². The predicted molar refractivity (Wildman–Crippen MR) is 102 cm³/mol. The third kappa shape index (κ3) is 10.3. The van der Waals surface area contributed by atoms with E-state index in [2.05, 4.69) is 0 Å². The van der Waals surface area contributed by atoms with E-state index in [0.717, 1.165) is 25.7 Å². The van der Waals surface area contributed by atoms with Crippen molar-refractivity contribution in [3.05, 3.63) is 24.3 Å². The fourth-order valence-corrected chi connectivity index (χ4v) is 2.27. The molecule has 0 fully saturated rings. The first-order chi connectivity index (χ1) is 12.9. The van der Waals surface area contributed by atoms with Gasteiger partial charge >= 0.3 is 11.9 Å². The first-order valence-corrected chi connectivity index (χ1v) is 9.47. The second kappa shape index (κ2) is 14.7. The van der Waals surface area contributed by atoms with Crippen LogP contribution in [0.2, 0.25) is 0 Å². The van der Waals surface area contributed by atoms with Crippen LogP contribution in [0, 0.1) is 0 Å². The maximum Gasteiger partial charge on any atom is 0.329 e. The smallest absolute Gasteiger partial charge is 0.329 e. The number of aliphatic carboxylic acids is 1. The van der Waals surface area contributed by atoms with Crippen LogP contribution in [-0.2, 0) is 23.9 Å². The molecule has 7 nitrogen and oxygen atoms in total. The minimum absolute atomic E-state index is 0.0177. The molecule has 0 aromatic carbocycles. The number of imide groups is 1. The van der Waals surface area contributed by atoms with Crippen molar-refractivity contribution in [2.45, 2.75) is 71.8 Å². The predicted octanol–water partition coefficient (Wildman–Crippen LogP) is 3.24. The SMILES string of the molecule is CCCC/C=C/C(=O)N(C(=O)/C=C/CCCC)C(CC(=O)O)C(=O)OCC. The van der Waals surface area contributed by atoms with E-state index in [9.17, 15) is 19.2 Å². The highest BCUT2D eigenvalue weighted by atomic mass is 16.5. The van der Waals surface area contributed by atoms with Gasteiger partial charge in [-0.3, -0.25) is 19.3 Å². The Balaban J connectivity index is 5.60. The number of carbonyl (C=O) groups excluding carboxylic acids is 3. The van der Waals surface area contributed by atoms with Crippen molar-refractivity contribution in [3.63, 3.8) is 0 Å². The molecule has 0 rings (SSSR count). The molecule has 0 aromatic rings. The average molecular weight is 381 g/mol. The Bertz CT molecular complexity index is 523. The van der Waals surface area contributed by atoms with Gasteiger partial charge in [0.15, 0.2) is 0 Å². The van der Waals surface area contributed by atoms with Gasteiger partial charge in [0.25, 0.3) is 11.8 Å². The molecule has 152 valence electrons. The minimum Gasteiger partial charge on any atom is -0.481 e. The molecule has 0 heterocycles. The molecule has 0 aliphatic carbocycles. The largest absolute Gasteiger partial charge is 0.481 e. The normalized spacial score (nSPS) is 12.3. The van der Waals surface area contributed by atoms with Crippen LogP contribution in [-0.4, -0.2) is 46.4 Å². The van der Waals surface area contributed by atoms with Gasteiger partial charge in [-0.05, 0) is 31.9 Å². The number of carboxylic acid groups (broad SMARTS) is 1. The minimum atomic E-state index is -1.51. The van der Waals surface area contributed by atoms with Crippen LogP contribution in [0.4, 0.5) is 0 Å². The number of carbonyl (C=O) groups is 4. The van der Waals surface area contributed by atoms with E-state index in [4.69, 9.17) is 9.84 Å². The summed E-state index contributed by atoms with van der Waals surface area (Å²) in [6.45, 7) is 5.61. The average Bonchev–Trinajstić information content (AvgIpc) is 2.61. The Labute approximate surface area is 161 Å². The van der Waals surface area contributed by atoms with Crippen molar-refractivity contribution in [1.29, 1.82) is 0 Å². The Morgan fingerprint density at radius 3 is 1.78 bits per heavy atom. The van der Waals surface area contributed by atoms with Crippen LogP contribution in [0.3, 0.4) is 0 Å². The highest BCUT2D eigenvalue weighted by Gasteiger charge is 2.35. The van der Waals surface area contributed by atoms with Crippen LogP contribution >= 0.6 is 0 Å². The van der Waals surface area contributed by atoms with Gasteiger partial charge in [-0.2, -0.15) is 0 Å². The molecule has 1 atom stereocenters. The maximum atomic E-state index is 12.6. The van der Waals surface area contributed by atoms with E-state index in [1.54, 1.807) is 19.1 Å². The number of hydrogen-bond acceptors (Lipinski definition) is 5. The fraction of sp³-hybridized carbons (Fsp3) is 0.600. The number of allylic oxidation sites excluding steroid dienone is 2. The van der Waals surface area contributed by atoms with E-state index >= 15 is 0 Å². The lowest BCUT2D eigenvalue weighted by Gasteiger charge is -2.25. The third-order valence-corrected chi connectivity index (χ3v) is 3.68. The molecule has 0 saturated carbocycles. The summed E-state index contributed by atoms with van der Waals surface area (Å²) in [5, 5.41) is 9.11. The van der Waals surface area contributed by atoms with E-state index in [1.807, 2.05) is 13.8 Å². The molecular weight excluding hydrogens is 350 g/mol. The molecule has 0 bridgehead atoms. The molecule has 0 aliphatic rings. The standard InChI is InChI=1S/C20H31NO6/c1-4-7-9-11-13-17(22)21(18(23)14-12-10-8-5-2)16(15-19(24)25)20(26)27-6-3/h11-14,16H,4-10,15H2,1-3H3,(H,24,25)/b13-11+,14-12+. The Kier molecular flexibility index (Phi) is 13.4. The molecule has 0 saturated heterocycles. The van der Waals surface area contributed by atoms with Gasteiger partial charge in [0.2, 0.25) is 0 Å². The summed E-state index contributed by atoms with van der Waals surface area (Å²) in [5.41, 5.74) is 0. The monoisotopic (exact) mass is 381 g/mol. The lowest BCUT2D eigenvalue weighted by atomic mass is 10.1. The van der Waals surface area contributed by atoms with Gasteiger partial charge in [0.1, 0.15) is 6.04 Å². The number of ether oxygens (including phenoxy) is 1. The number of esters is 1. The van der Waals surface area contributed by atoms with E-state index < -0.39 is 36.2 Å². The molecule has 1 unspecified atom stereocenters. The van der Waals surface area contributed by atoms with Crippen molar-refractivity contribution in [2.75, 3.05) is 6.61 Å². The van der Waals surface area contributed by atoms with Crippen LogP contribution < -0.4 is 0 Å². The van der Waals surface area contributed by atoms with Gasteiger partial charge in [0, 0.05) is 0 Å². The summed E-state index contributed by atoms with van der Waals surface area (Å²) in [4.78, 5) is 49.2. The highest BCUT2D eigenvalue weighted by molar-refractivity contribution is 6.08. The van der Waals surface area contributed by atoms with Crippen LogP contribution in [0.25, 0.3) is 0 Å². The van der Waals surface area contributed by atoms with Gasteiger partial charge in [-0.25, -0.2) is 4.79 Å². The van der Waals surface area contributed by atoms with Gasteiger partial charge in [0.05, 0.1) is 13.0 Å². The van der Waals surface area contributed by atoms with Crippen LogP contribution in [0.1, 0.15) is 65.7 Å². The van der Waals surface area contributed by atoms with Crippen molar-refractivity contribution in [2.24, 2.45) is 0 Å². The second-order valence-corrected chi connectivity index (χ2v) is 6.00. The van der Waals surface area contributed by atoms with Crippen molar-refractivity contribution < 1.29 is 29.0 Å². The van der Waals surface area contributed by atoms with Crippen molar-refractivity contribution in [3.8, 4) is 0 Å². The van der Waals surface area contributed by atoms with Gasteiger partial charge in [-0.15, -0.1) is 0 Å². The summed E-state index contributed by atoms with van der Waals surface area (Å²) < 4.78 is 4.88. The highest BCUT2D eigenvalue weighted by Crippen LogP contribution is 2.12. The maximum absolute atomic E-state index is 12.6. The van der Waals surface area contributed by atoms with E-state index in [0.29, 0.717) is 17.7 Å². The molecule has 1 N–H and O–H groups in total. The Hall–Kier alpha value is -2.44. The molecule has 0 radical (unpaired) electrons. The lowest BCUT2D eigenvalue weighted by Crippen LogP contribution is -2.49. The second-order valence-electron chi connectivity index (χ2n) is 6.00. The molecule has 0 spiro atoms. The Morgan fingerprint density at radius 1 is 0.926 bits per heavy atom. The molecule has 0 aromatic heterocycles. The number of carboxylic acids is 1. The van der Waals surface area contributed by atoms with Crippen molar-refractivity contribution in [1.82, 2.24) is 4.90 Å². The molecular formula is C20H31NO6. The molecule has 27 heavy (non-hydrogen) atoms. The number of hydrogen-bond donors (Lipinski definition) is 1. The summed E-state index contributed by atoms with van der Waals surface area (Å²) >= 11 is 0. The summed E-state index contributed by atoms with van der Waals surface area (Å²) in [7, 11) is 0. The molecule has 0 aliphatic heterocycles. The topological polar surface area (TPSA) is 101 Å². The van der Waals surface area contributed by atoms with E-state index in [-0.39, 0.29) is 6.61 Å². The van der Waals surface area contributed by atoms with Gasteiger partial charge in [-0.1, -0.05) is 51.7 Å². The fourth-order valence-electron chi connectivity index (χ4n) is 2.27. The third-order valence-electron chi connectivity index (χ3n) is 3.68. The Morgan fingerprint density at radius 2 is 1.41 bits per heavy atom. The number of nitrogens with zero attached hydrogens (tertiary/aromatic N) is 1. The first-order valence-electron chi connectivity index (χ1n) is 9.47. The van der Waals surface area contributed by atoms with E-state index in [1.165, 1.54) is 12.2 Å². The zero-order valence-electron chi connectivity index (χ0n) is 16.5.